The fourth-order valence-electron chi connectivity index (χ4n) is 3.29. The minimum Gasteiger partial charge on any atom is -0.267 e. The van der Waals surface area contributed by atoms with E-state index >= 15 is 0 Å². The summed E-state index contributed by atoms with van der Waals surface area (Å²) in [5, 5.41) is 6.92. The average molecular weight is 454 g/mol. The van der Waals surface area contributed by atoms with E-state index in [2.05, 4.69) is 47.1 Å². The van der Waals surface area contributed by atoms with Crippen LogP contribution in [0, 0.1) is 6.92 Å². The number of benzene rings is 3. The number of hydrazone groups is 1. The van der Waals surface area contributed by atoms with Gasteiger partial charge in [0.25, 0.3) is 5.91 Å². The molecular weight excluding hydrogens is 436 g/mol. The van der Waals surface area contributed by atoms with E-state index in [1.807, 2.05) is 24.3 Å². The number of aryl methyl sites for hydroxylation is 1. The van der Waals surface area contributed by atoms with Crippen LogP contribution in [0.3, 0.4) is 0 Å². The average Bonchev–Trinajstić information content (AvgIpc) is 3.14. The largest absolute Gasteiger partial charge is 0.274 e. The molecule has 1 aliphatic heterocycles. The van der Waals surface area contributed by atoms with Crippen molar-refractivity contribution in [1.29, 1.82) is 0 Å². The fraction of sp³-hybridized carbons (Fsp3) is 0.130. The Labute approximate surface area is 177 Å². The number of nitrogens with zero attached hydrogens (tertiary/aromatic N) is 2. The molecule has 0 saturated heterocycles. The Kier molecular flexibility index (Phi) is 5.33. The molecule has 1 heterocycles. The SMILES string of the molecule is Cc1ccc(C2=NN(C(=O)c3ccc(Cl)cc3)C(c3ccc(Br)cc3)C2)cc1. The quantitative estimate of drug-likeness (QED) is 0.451. The molecule has 3 aromatic rings. The lowest BCUT2D eigenvalue weighted by Gasteiger charge is -2.22. The van der Waals surface area contributed by atoms with Gasteiger partial charge in [-0.15, -0.1) is 0 Å². The van der Waals surface area contributed by atoms with E-state index in [-0.39, 0.29) is 11.9 Å². The summed E-state index contributed by atoms with van der Waals surface area (Å²) in [6, 6.07) is 23.1. The van der Waals surface area contributed by atoms with Crippen molar-refractivity contribution >= 4 is 39.1 Å². The summed E-state index contributed by atoms with van der Waals surface area (Å²) < 4.78 is 1.00. The molecule has 0 aromatic heterocycles. The van der Waals surface area contributed by atoms with Crippen LogP contribution in [0.5, 0.6) is 0 Å². The first-order chi connectivity index (χ1) is 13.5. The van der Waals surface area contributed by atoms with Gasteiger partial charge in [-0.05, 0) is 54.4 Å². The highest BCUT2D eigenvalue weighted by Crippen LogP contribution is 2.34. The number of halogens is 2. The molecule has 1 atom stereocenters. The van der Waals surface area contributed by atoms with Gasteiger partial charge in [0.05, 0.1) is 11.8 Å². The maximum absolute atomic E-state index is 13.2. The predicted molar refractivity (Wildman–Crippen MR) is 117 cm³/mol. The van der Waals surface area contributed by atoms with Crippen LogP contribution >= 0.6 is 27.5 Å². The normalized spacial score (nSPS) is 16.2. The second-order valence-corrected chi connectivity index (χ2v) is 8.19. The molecule has 0 N–H and O–H groups in total. The van der Waals surface area contributed by atoms with Crippen LogP contribution in [-0.4, -0.2) is 16.6 Å². The first kappa shape index (κ1) is 18.9. The molecule has 3 aromatic carbocycles. The third kappa shape index (κ3) is 3.89. The molecule has 5 heteroatoms. The van der Waals surface area contributed by atoms with Crippen LogP contribution in [0.1, 0.15) is 39.5 Å². The number of rotatable bonds is 3. The Hall–Kier alpha value is -2.43. The Bertz CT molecular complexity index is 1030. The summed E-state index contributed by atoms with van der Waals surface area (Å²) in [5.74, 6) is -0.133. The maximum Gasteiger partial charge on any atom is 0.274 e. The molecule has 1 amide bonds. The number of carbonyl (C=O) groups is 1. The van der Waals surface area contributed by atoms with Crippen LogP contribution in [0.25, 0.3) is 0 Å². The van der Waals surface area contributed by atoms with Gasteiger partial charge in [-0.3, -0.25) is 4.79 Å². The maximum atomic E-state index is 13.2. The second kappa shape index (κ2) is 7.90. The Balaban J connectivity index is 1.72. The smallest absolute Gasteiger partial charge is 0.267 e. The zero-order valence-corrected chi connectivity index (χ0v) is 17.6. The summed E-state index contributed by atoms with van der Waals surface area (Å²) >= 11 is 9.45. The van der Waals surface area contributed by atoms with Crippen LogP contribution in [0.15, 0.2) is 82.4 Å². The summed E-state index contributed by atoms with van der Waals surface area (Å²) in [6.45, 7) is 2.06. The van der Waals surface area contributed by atoms with E-state index in [1.54, 1.807) is 29.3 Å². The number of carbonyl (C=O) groups excluding carboxylic acids is 1. The van der Waals surface area contributed by atoms with Crippen LogP contribution in [0.2, 0.25) is 5.02 Å². The molecular formula is C23H18BrClN2O. The number of amides is 1. The lowest BCUT2D eigenvalue weighted by atomic mass is 9.98. The van der Waals surface area contributed by atoms with Crippen molar-refractivity contribution in [3.8, 4) is 0 Å². The van der Waals surface area contributed by atoms with Gasteiger partial charge in [0.2, 0.25) is 0 Å². The van der Waals surface area contributed by atoms with Crippen LogP contribution < -0.4 is 0 Å². The van der Waals surface area contributed by atoms with Gasteiger partial charge in [0, 0.05) is 21.5 Å². The molecule has 0 fully saturated rings. The Morgan fingerprint density at radius 3 is 2.29 bits per heavy atom. The second-order valence-electron chi connectivity index (χ2n) is 6.84. The monoisotopic (exact) mass is 452 g/mol. The molecule has 1 unspecified atom stereocenters. The van der Waals surface area contributed by atoms with Crippen molar-refractivity contribution in [3.05, 3.63) is 105 Å². The topological polar surface area (TPSA) is 32.7 Å². The van der Waals surface area contributed by atoms with E-state index in [0.717, 1.165) is 21.3 Å². The summed E-state index contributed by atoms with van der Waals surface area (Å²) in [7, 11) is 0. The predicted octanol–water partition coefficient (Wildman–Crippen LogP) is 6.40. The van der Waals surface area contributed by atoms with E-state index in [1.165, 1.54) is 5.56 Å². The first-order valence-corrected chi connectivity index (χ1v) is 10.2. The van der Waals surface area contributed by atoms with Crippen molar-refractivity contribution in [2.45, 2.75) is 19.4 Å². The molecule has 140 valence electrons. The Morgan fingerprint density at radius 2 is 1.64 bits per heavy atom. The highest BCUT2D eigenvalue weighted by atomic mass is 79.9. The molecule has 0 saturated carbocycles. The fourth-order valence-corrected chi connectivity index (χ4v) is 3.68. The molecule has 0 spiro atoms. The van der Waals surface area contributed by atoms with Crippen LogP contribution in [0.4, 0.5) is 0 Å². The van der Waals surface area contributed by atoms with Gasteiger partial charge < -0.3 is 0 Å². The minimum absolute atomic E-state index is 0.133. The van der Waals surface area contributed by atoms with Gasteiger partial charge >= 0.3 is 0 Å². The van der Waals surface area contributed by atoms with Crippen molar-refractivity contribution < 1.29 is 4.79 Å². The van der Waals surface area contributed by atoms with E-state index in [4.69, 9.17) is 16.7 Å². The van der Waals surface area contributed by atoms with E-state index < -0.39 is 0 Å². The van der Waals surface area contributed by atoms with Crippen molar-refractivity contribution in [1.82, 2.24) is 5.01 Å². The number of hydrogen-bond acceptors (Lipinski definition) is 2. The van der Waals surface area contributed by atoms with Crippen molar-refractivity contribution in [2.75, 3.05) is 0 Å². The minimum atomic E-state index is -0.146. The van der Waals surface area contributed by atoms with Gasteiger partial charge in [-0.25, -0.2) is 5.01 Å². The van der Waals surface area contributed by atoms with Gasteiger partial charge in [0.15, 0.2) is 0 Å². The standard InChI is InChI=1S/C23H18BrClN2O/c1-15-2-4-16(5-3-15)21-14-22(17-6-10-19(24)11-7-17)27(26-21)23(28)18-8-12-20(25)13-9-18/h2-13,22H,14H2,1H3. The molecule has 0 aliphatic carbocycles. The van der Waals surface area contributed by atoms with Gasteiger partial charge in [0.1, 0.15) is 0 Å². The molecule has 0 bridgehead atoms. The molecule has 4 rings (SSSR count). The summed E-state index contributed by atoms with van der Waals surface area (Å²) in [4.78, 5) is 13.2. The summed E-state index contributed by atoms with van der Waals surface area (Å²) in [6.07, 6.45) is 0.671. The molecule has 0 radical (unpaired) electrons. The van der Waals surface area contributed by atoms with Crippen molar-refractivity contribution in [2.24, 2.45) is 5.10 Å². The third-order valence-corrected chi connectivity index (χ3v) is 5.63. The zero-order chi connectivity index (χ0) is 19.7. The molecule has 1 aliphatic rings. The van der Waals surface area contributed by atoms with Gasteiger partial charge in [-0.2, -0.15) is 5.10 Å². The lowest BCUT2D eigenvalue weighted by Crippen LogP contribution is -2.27. The third-order valence-electron chi connectivity index (χ3n) is 4.85. The highest BCUT2D eigenvalue weighted by Gasteiger charge is 2.33. The first-order valence-electron chi connectivity index (χ1n) is 9.00. The summed E-state index contributed by atoms with van der Waals surface area (Å²) in [5.41, 5.74) is 4.77. The van der Waals surface area contributed by atoms with Gasteiger partial charge in [-0.1, -0.05) is 69.5 Å². The highest BCUT2D eigenvalue weighted by molar-refractivity contribution is 9.10. The number of hydrogen-bond donors (Lipinski definition) is 0. The van der Waals surface area contributed by atoms with E-state index in [0.29, 0.717) is 17.0 Å². The van der Waals surface area contributed by atoms with E-state index in [9.17, 15) is 4.79 Å². The van der Waals surface area contributed by atoms with Crippen molar-refractivity contribution in [3.63, 3.8) is 0 Å². The molecule has 28 heavy (non-hydrogen) atoms. The lowest BCUT2D eigenvalue weighted by molar-refractivity contribution is 0.0711. The Morgan fingerprint density at radius 1 is 1.00 bits per heavy atom. The molecule has 3 nitrogen and oxygen atoms in total. The zero-order valence-electron chi connectivity index (χ0n) is 15.3. The van der Waals surface area contributed by atoms with Crippen LogP contribution in [-0.2, 0) is 0 Å².